The van der Waals surface area contributed by atoms with Crippen LogP contribution in [-0.2, 0) is 40.3 Å². The second-order valence-electron chi connectivity index (χ2n) is 14.1. The van der Waals surface area contributed by atoms with E-state index in [1.54, 1.807) is 29.2 Å². The first-order valence-corrected chi connectivity index (χ1v) is 16.5. The molecule has 0 saturated carbocycles. The van der Waals surface area contributed by atoms with Crippen molar-refractivity contribution in [2.75, 3.05) is 20.3 Å². The van der Waals surface area contributed by atoms with Crippen molar-refractivity contribution in [2.45, 2.75) is 90.9 Å². The van der Waals surface area contributed by atoms with Gasteiger partial charge in [0.1, 0.15) is 18.3 Å². The van der Waals surface area contributed by atoms with Crippen molar-refractivity contribution in [3.05, 3.63) is 59.7 Å². The number of esters is 2. The first kappa shape index (κ1) is 37.7. The Kier molecular flexibility index (Phi) is 12.3. The molecule has 1 aromatic heterocycles. The third kappa shape index (κ3) is 8.90. The van der Waals surface area contributed by atoms with E-state index in [4.69, 9.17) is 23.7 Å². The number of methoxy groups -OCH3 is 1. The Hall–Kier alpha value is -3.13. The number of hydrogen-bond acceptors (Lipinski definition) is 11. The van der Waals surface area contributed by atoms with Crippen LogP contribution < -0.4 is 0 Å². The number of carbonyl (C=O) groups excluding carboxylic acids is 2. The van der Waals surface area contributed by atoms with E-state index < -0.39 is 53.8 Å². The zero-order valence-electron chi connectivity index (χ0n) is 29.2. The van der Waals surface area contributed by atoms with Crippen LogP contribution in [0.3, 0.4) is 0 Å². The molecule has 0 amide bonds. The van der Waals surface area contributed by atoms with Crippen molar-refractivity contribution in [2.24, 2.45) is 36.1 Å². The van der Waals surface area contributed by atoms with Crippen LogP contribution in [0.5, 0.6) is 0 Å². The van der Waals surface area contributed by atoms with E-state index in [9.17, 15) is 24.9 Å². The van der Waals surface area contributed by atoms with Gasteiger partial charge in [-0.05, 0) is 55.6 Å². The maximum atomic E-state index is 13.2. The molecule has 0 radical (unpaired) electrons. The highest BCUT2D eigenvalue weighted by atomic mass is 16.7. The summed E-state index contributed by atoms with van der Waals surface area (Å²) in [5.74, 6) is -2.81. The molecule has 1 saturated heterocycles. The second kappa shape index (κ2) is 15.6. The summed E-state index contributed by atoms with van der Waals surface area (Å²) in [4.78, 5) is 29.2. The fourth-order valence-electron chi connectivity index (χ4n) is 6.76. The summed E-state index contributed by atoms with van der Waals surface area (Å²) < 4.78 is 30.7. The SMILES string of the molecule is CO[C@@]1(O)/C=C\C(C)(C)[C@@H](OC(=O)/C=C/c2cn(C)cn2)C[C@H]2C(C)=CC[C@H](C(C)C)[C@H]2/C=C\1CO[C@@H]1OC[C@@H](O)[C@@H](O)[C@@H]1OC(C)=O. The van der Waals surface area contributed by atoms with Crippen LogP contribution in [0.1, 0.15) is 60.1 Å². The molecule has 1 aromatic rings. The summed E-state index contributed by atoms with van der Waals surface area (Å²) in [6.07, 6.45) is 9.62. The van der Waals surface area contributed by atoms with Gasteiger partial charge in [-0.3, -0.25) is 4.79 Å². The molecule has 48 heavy (non-hydrogen) atoms. The zero-order chi connectivity index (χ0) is 35.4. The van der Waals surface area contributed by atoms with E-state index in [0.29, 0.717) is 17.7 Å². The molecule has 3 aliphatic rings. The molecule has 9 atom stereocenters. The number of imidazole rings is 1. The fraction of sp³-hybridized carbons (Fsp3) is 0.639. The van der Waals surface area contributed by atoms with Crippen LogP contribution >= 0.6 is 0 Å². The van der Waals surface area contributed by atoms with Crippen molar-refractivity contribution >= 4 is 18.0 Å². The summed E-state index contributed by atoms with van der Waals surface area (Å²) in [7, 11) is 3.24. The Morgan fingerprint density at radius 3 is 2.56 bits per heavy atom. The van der Waals surface area contributed by atoms with Gasteiger partial charge in [0.15, 0.2) is 12.4 Å². The summed E-state index contributed by atoms with van der Waals surface area (Å²) in [6, 6.07) is 0. The van der Waals surface area contributed by atoms with E-state index in [1.807, 2.05) is 27.0 Å². The monoisotopic (exact) mass is 672 g/mol. The maximum absolute atomic E-state index is 13.2. The third-order valence-corrected chi connectivity index (χ3v) is 9.82. The van der Waals surface area contributed by atoms with E-state index in [1.165, 1.54) is 26.2 Å². The standard InChI is InChI=1S/C36H52N2O10/c1-21(2)26-11-9-22(3)27-16-30(48-31(41)12-10-25-17-38(7)20-37-25)35(5,6)13-14-36(43,44-8)24(15-28(26)27)18-45-34-33(47-23(4)39)32(42)29(40)19-46-34/h9-10,12-15,17,20-21,26-30,32-34,40,42-43H,11,16,18-19H2,1-8H3/b12-10+,14-13-,24-15-/t26-,27+,28-,29-,30+,32-,33+,34-,36+/m1/s1. The Balaban J connectivity index is 1.71. The molecule has 12 nitrogen and oxygen atoms in total. The van der Waals surface area contributed by atoms with Gasteiger partial charge in [-0.1, -0.05) is 51.5 Å². The maximum Gasteiger partial charge on any atom is 0.331 e. The minimum absolute atomic E-state index is 0.0534. The van der Waals surface area contributed by atoms with Crippen molar-refractivity contribution in [1.29, 1.82) is 0 Å². The number of carbonyl (C=O) groups is 2. The molecule has 0 unspecified atom stereocenters. The lowest BCUT2D eigenvalue weighted by molar-refractivity contribution is -0.274. The van der Waals surface area contributed by atoms with Crippen LogP contribution in [0.25, 0.3) is 6.08 Å². The lowest BCUT2D eigenvalue weighted by Crippen LogP contribution is -2.55. The molecule has 1 aliphatic heterocycles. The van der Waals surface area contributed by atoms with Crippen molar-refractivity contribution in [3.8, 4) is 0 Å². The van der Waals surface area contributed by atoms with Crippen LogP contribution in [0.4, 0.5) is 0 Å². The molecule has 2 heterocycles. The van der Waals surface area contributed by atoms with E-state index >= 15 is 0 Å². The lowest BCUT2D eigenvalue weighted by atomic mass is 9.64. The summed E-state index contributed by atoms with van der Waals surface area (Å²) in [5.41, 5.74) is 1.45. The highest BCUT2D eigenvalue weighted by Crippen LogP contribution is 2.46. The number of ether oxygens (including phenoxy) is 5. The molecular weight excluding hydrogens is 620 g/mol. The average molecular weight is 673 g/mol. The normalized spacial score (nSPS) is 35.7. The molecule has 2 aliphatic carbocycles. The van der Waals surface area contributed by atoms with Gasteiger partial charge in [-0.2, -0.15) is 0 Å². The van der Waals surface area contributed by atoms with Gasteiger partial charge in [-0.25, -0.2) is 9.78 Å². The van der Waals surface area contributed by atoms with Crippen molar-refractivity contribution in [1.82, 2.24) is 9.55 Å². The van der Waals surface area contributed by atoms with E-state index in [-0.39, 0.29) is 36.9 Å². The minimum atomic E-state index is -1.94. The largest absolute Gasteiger partial charge is 0.458 e. The second-order valence-corrected chi connectivity index (χ2v) is 14.1. The summed E-state index contributed by atoms with van der Waals surface area (Å²) >= 11 is 0. The number of aliphatic hydroxyl groups excluding tert-OH is 2. The van der Waals surface area contributed by atoms with Gasteiger partial charge >= 0.3 is 11.9 Å². The van der Waals surface area contributed by atoms with Crippen LogP contribution in [0.2, 0.25) is 0 Å². The first-order valence-electron chi connectivity index (χ1n) is 16.5. The molecule has 0 bridgehead atoms. The molecule has 266 valence electrons. The predicted molar refractivity (Wildman–Crippen MR) is 177 cm³/mol. The Morgan fingerprint density at radius 1 is 1.21 bits per heavy atom. The number of allylic oxidation sites excluding steroid dienone is 3. The number of hydrogen-bond donors (Lipinski definition) is 3. The van der Waals surface area contributed by atoms with Crippen molar-refractivity contribution in [3.63, 3.8) is 0 Å². The highest BCUT2D eigenvalue weighted by molar-refractivity contribution is 5.86. The molecule has 4 rings (SSSR count). The third-order valence-electron chi connectivity index (χ3n) is 9.82. The highest BCUT2D eigenvalue weighted by Gasteiger charge is 2.45. The summed E-state index contributed by atoms with van der Waals surface area (Å²) in [6.45, 7) is 11.1. The fourth-order valence-corrected chi connectivity index (χ4v) is 6.76. The molecule has 1 fully saturated rings. The number of nitrogens with zero attached hydrogens (tertiary/aromatic N) is 2. The van der Waals surface area contributed by atoms with Gasteiger partial charge in [0.25, 0.3) is 0 Å². The predicted octanol–water partition coefficient (Wildman–Crippen LogP) is 3.47. The Bertz CT molecular complexity index is 1410. The zero-order valence-corrected chi connectivity index (χ0v) is 29.2. The molecular formula is C36H52N2O10. The van der Waals surface area contributed by atoms with Crippen LogP contribution in [-0.4, -0.2) is 93.6 Å². The molecule has 3 N–H and O–H groups in total. The van der Waals surface area contributed by atoms with Gasteiger partial charge in [0, 0.05) is 44.3 Å². The number of aryl methyl sites for hydroxylation is 1. The minimum Gasteiger partial charge on any atom is -0.458 e. The van der Waals surface area contributed by atoms with E-state index in [2.05, 4.69) is 31.8 Å². The quantitative estimate of drug-likeness (QED) is 0.153. The smallest absolute Gasteiger partial charge is 0.331 e. The molecule has 0 spiro atoms. The number of fused-ring (bicyclic) bond motifs is 1. The van der Waals surface area contributed by atoms with Gasteiger partial charge in [0.05, 0.1) is 25.2 Å². The van der Waals surface area contributed by atoms with Crippen LogP contribution in [0.15, 0.2) is 54.1 Å². The number of aliphatic hydroxyl groups is 3. The van der Waals surface area contributed by atoms with Gasteiger partial charge in [-0.15, -0.1) is 0 Å². The molecule has 12 heteroatoms. The van der Waals surface area contributed by atoms with Gasteiger partial charge in [0.2, 0.25) is 5.79 Å². The van der Waals surface area contributed by atoms with Crippen molar-refractivity contribution < 1.29 is 48.6 Å². The Morgan fingerprint density at radius 2 is 1.94 bits per heavy atom. The summed E-state index contributed by atoms with van der Waals surface area (Å²) in [5, 5.41) is 32.8. The average Bonchev–Trinajstić information content (AvgIpc) is 3.45. The molecule has 0 aromatic carbocycles. The lowest BCUT2D eigenvalue weighted by Gasteiger charge is -2.44. The van der Waals surface area contributed by atoms with Gasteiger partial charge < -0.3 is 43.6 Å². The number of aromatic nitrogens is 2. The van der Waals surface area contributed by atoms with Crippen LogP contribution in [0, 0.1) is 29.1 Å². The first-order chi connectivity index (χ1) is 22.5. The van der Waals surface area contributed by atoms with E-state index in [0.717, 1.165) is 12.0 Å². The number of rotatable bonds is 9. The topological polar surface area (TPSA) is 159 Å². The Labute approximate surface area is 283 Å².